The van der Waals surface area contributed by atoms with Gasteiger partial charge in [0.1, 0.15) is 11.6 Å². The van der Waals surface area contributed by atoms with Crippen LogP contribution in [-0.2, 0) is 13.6 Å². The highest BCUT2D eigenvalue weighted by Crippen LogP contribution is 2.27. The third kappa shape index (κ3) is 3.49. The molecule has 0 unspecified atom stereocenters. The van der Waals surface area contributed by atoms with Crippen LogP contribution >= 0.6 is 0 Å². The Bertz CT molecular complexity index is 929. The summed E-state index contributed by atoms with van der Waals surface area (Å²) in [7, 11) is 2.01. The van der Waals surface area contributed by atoms with Crippen LogP contribution in [0.15, 0.2) is 42.7 Å². The lowest BCUT2D eigenvalue weighted by atomic mass is 9.96. The highest BCUT2D eigenvalue weighted by atomic mass is 16.2. The van der Waals surface area contributed by atoms with E-state index in [1.54, 1.807) is 6.20 Å². The number of benzene rings is 1. The minimum atomic E-state index is 0.0942. The monoisotopic (exact) mass is 364 g/mol. The van der Waals surface area contributed by atoms with Crippen molar-refractivity contribution in [2.24, 2.45) is 7.05 Å². The van der Waals surface area contributed by atoms with E-state index in [1.165, 1.54) is 0 Å². The summed E-state index contributed by atoms with van der Waals surface area (Å²) in [6, 6.07) is 9.49. The van der Waals surface area contributed by atoms with E-state index in [4.69, 9.17) is 0 Å². The fourth-order valence-corrected chi connectivity index (χ4v) is 3.73. The summed E-state index contributed by atoms with van der Waals surface area (Å²) in [4.78, 5) is 19.0. The summed E-state index contributed by atoms with van der Waals surface area (Å²) >= 11 is 0. The number of aryl methyl sites for hydroxylation is 1. The Morgan fingerprint density at radius 3 is 2.78 bits per heavy atom. The van der Waals surface area contributed by atoms with Crippen LogP contribution in [0.5, 0.6) is 0 Å². The number of rotatable bonds is 4. The highest BCUT2D eigenvalue weighted by molar-refractivity contribution is 5.94. The molecule has 1 aliphatic rings. The average Bonchev–Trinajstić information content (AvgIpc) is 3.28. The Kier molecular flexibility index (Phi) is 4.75. The smallest absolute Gasteiger partial charge is 0.253 e. The first kappa shape index (κ1) is 17.5. The van der Waals surface area contributed by atoms with Crippen molar-refractivity contribution in [2.45, 2.75) is 32.2 Å². The molecule has 0 N–H and O–H groups in total. The van der Waals surface area contributed by atoms with Gasteiger partial charge in [0.05, 0.1) is 6.54 Å². The minimum absolute atomic E-state index is 0.0942. The quantitative estimate of drug-likeness (QED) is 0.713. The van der Waals surface area contributed by atoms with Crippen molar-refractivity contribution in [3.8, 4) is 0 Å². The van der Waals surface area contributed by atoms with Crippen LogP contribution in [0.1, 0.15) is 46.6 Å². The zero-order valence-corrected chi connectivity index (χ0v) is 15.7. The molecule has 4 rings (SSSR count). The van der Waals surface area contributed by atoms with Gasteiger partial charge in [0.25, 0.3) is 5.91 Å². The molecule has 0 radical (unpaired) electrons. The van der Waals surface area contributed by atoms with Gasteiger partial charge in [-0.15, -0.1) is 10.2 Å². The summed E-state index contributed by atoms with van der Waals surface area (Å²) in [5.74, 6) is 3.11. The molecule has 1 amide bonds. The van der Waals surface area contributed by atoms with Crippen molar-refractivity contribution in [3.63, 3.8) is 0 Å². The lowest BCUT2D eigenvalue weighted by Gasteiger charge is -2.32. The molecule has 0 saturated carbocycles. The van der Waals surface area contributed by atoms with Gasteiger partial charge in [-0.2, -0.15) is 0 Å². The van der Waals surface area contributed by atoms with E-state index in [0.29, 0.717) is 13.1 Å². The van der Waals surface area contributed by atoms with Crippen molar-refractivity contribution in [1.29, 1.82) is 0 Å². The lowest BCUT2D eigenvalue weighted by Crippen LogP contribution is -2.39. The zero-order chi connectivity index (χ0) is 18.8. The maximum Gasteiger partial charge on any atom is 0.253 e. The van der Waals surface area contributed by atoms with Gasteiger partial charge in [0.2, 0.25) is 0 Å². The van der Waals surface area contributed by atoms with Gasteiger partial charge in [0, 0.05) is 44.0 Å². The van der Waals surface area contributed by atoms with Crippen LogP contribution < -0.4 is 0 Å². The first-order valence-corrected chi connectivity index (χ1v) is 9.33. The van der Waals surface area contributed by atoms with Crippen LogP contribution in [0.2, 0.25) is 0 Å². The second-order valence-electron chi connectivity index (χ2n) is 7.09. The predicted molar refractivity (Wildman–Crippen MR) is 101 cm³/mol. The second kappa shape index (κ2) is 7.34. The molecule has 7 nitrogen and oxygen atoms in total. The Labute approximate surface area is 158 Å². The Balaban J connectivity index is 1.50. The van der Waals surface area contributed by atoms with Crippen LogP contribution in [0.3, 0.4) is 0 Å². The number of carbonyl (C=O) groups is 1. The fraction of sp³-hybridized carbons (Fsp3) is 0.400. The van der Waals surface area contributed by atoms with Crippen molar-refractivity contribution < 1.29 is 4.79 Å². The molecule has 1 aliphatic heterocycles. The van der Waals surface area contributed by atoms with Crippen molar-refractivity contribution in [1.82, 2.24) is 29.2 Å². The minimum Gasteiger partial charge on any atom is -0.338 e. The van der Waals surface area contributed by atoms with Gasteiger partial charge in [0.15, 0.2) is 5.82 Å². The van der Waals surface area contributed by atoms with E-state index in [2.05, 4.69) is 24.3 Å². The highest BCUT2D eigenvalue weighted by Gasteiger charge is 2.28. The summed E-state index contributed by atoms with van der Waals surface area (Å²) in [5, 5.41) is 8.85. The molecule has 1 atom stereocenters. The summed E-state index contributed by atoms with van der Waals surface area (Å²) in [6.45, 7) is 4.10. The Morgan fingerprint density at radius 1 is 1.22 bits per heavy atom. The number of hydrogen-bond acceptors (Lipinski definition) is 4. The third-order valence-electron chi connectivity index (χ3n) is 5.33. The summed E-state index contributed by atoms with van der Waals surface area (Å²) < 4.78 is 4.13. The molecule has 0 aliphatic carbocycles. The number of aromatic nitrogens is 5. The number of piperidine rings is 1. The van der Waals surface area contributed by atoms with Crippen LogP contribution in [0.25, 0.3) is 0 Å². The van der Waals surface area contributed by atoms with E-state index in [0.717, 1.165) is 42.4 Å². The molecule has 3 aromatic rings. The summed E-state index contributed by atoms with van der Waals surface area (Å²) in [5.41, 5.74) is 0.743. The Morgan fingerprint density at radius 2 is 2.04 bits per heavy atom. The van der Waals surface area contributed by atoms with Crippen molar-refractivity contribution in [2.75, 3.05) is 13.1 Å². The lowest BCUT2D eigenvalue weighted by molar-refractivity contribution is 0.0703. The number of nitrogens with zero attached hydrogens (tertiary/aromatic N) is 6. The Hall–Kier alpha value is -2.96. The predicted octanol–water partition coefficient (Wildman–Crippen LogP) is 2.39. The first-order valence-electron chi connectivity index (χ1n) is 9.33. The molecule has 1 saturated heterocycles. The number of carbonyl (C=O) groups excluding carboxylic acids is 1. The normalized spacial score (nSPS) is 17.3. The number of likely N-dealkylation sites (tertiary alicyclic amines) is 1. The average molecular weight is 364 g/mol. The van der Waals surface area contributed by atoms with Gasteiger partial charge in [-0.05, 0) is 31.9 Å². The van der Waals surface area contributed by atoms with Gasteiger partial charge >= 0.3 is 0 Å². The standard InChI is InChI=1S/C20H24N6O/c1-15-21-10-12-25(15)14-18-22-23-19(24(18)2)17-9-6-11-26(13-17)20(27)16-7-4-3-5-8-16/h3-5,7-8,10,12,17H,6,9,11,13-14H2,1-2H3/t17-/m1/s1. The topological polar surface area (TPSA) is 68.8 Å². The molecule has 0 spiro atoms. The summed E-state index contributed by atoms with van der Waals surface area (Å²) in [6.07, 6.45) is 5.74. The number of imidazole rings is 1. The van der Waals surface area contributed by atoms with E-state index in [9.17, 15) is 4.79 Å². The van der Waals surface area contributed by atoms with E-state index in [1.807, 2.05) is 55.4 Å². The SMILES string of the molecule is Cc1nccn1Cc1nnc([C@@H]2CCCN(C(=O)c3ccccc3)C2)n1C. The van der Waals surface area contributed by atoms with E-state index >= 15 is 0 Å². The number of amides is 1. The van der Waals surface area contributed by atoms with Crippen molar-refractivity contribution >= 4 is 5.91 Å². The van der Waals surface area contributed by atoms with E-state index < -0.39 is 0 Å². The molecule has 1 aromatic carbocycles. The maximum atomic E-state index is 12.8. The van der Waals surface area contributed by atoms with Crippen molar-refractivity contribution in [3.05, 3.63) is 65.8 Å². The molecule has 1 fully saturated rings. The van der Waals surface area contributed by atoms with Crippen LogP contribution in [0, 0.1) is 6.92 Å². The van der Waals surface area contributed by atoms with E-state index in [-0.39, 0.29) is 11.8 Å². The molecular formula is C20H24N6O. The molecule has 0 bridgehead atoms. The number of hydrogen-bond donors (Lipinski definition) is 0. The molecule has 140 valence electrons. The molecule has 2 aromatic heterocycles. The molecule has 3 heterocycles. The van der Waals surface area contributed by atoms with Gasteiger partial charge < -0.3 is 14.0 Å². The zero-order valence-electron chi connectivity index (χ0n) is 15.7. The molecule has 27 heavy (non-hydrogen) atoms. The second-order valence-corrected chi connectivity index (χ2v) is 7.09. The largest absolute Gasteiger partial charge is 0.338 e. The van der Waals surface area contributed by atoms with Crippen LogP contribution in [-0.4, -0.2) is 48.2 Å². The fourth-order valence-electron chi connectivity index (χ4n) is 3.73. The molecular weight excluding hydrogens is 340 g/mol. The van der Waals surface area contributed by atoms with Gasteiger partial charge in [-0.25, -0.2) is 4.98 Å². The van der Waals surface area contributed by atoms with Gasteiger partial charge in [-0.1, -0.05) is 18.2 Å². The van der Waals surface area contributed by atoms with Crippen LogP contribution in [0.4, 0.5) is 0 Å². The van der Waals surface area contributed by atoms with Gasteiger partial charge in [-0.3, -0.25) is 4.79 Å². The maximum absolute atomic E-state index is 12.8. The third-order valence-corrected chi connectivity index (χ3v) is 5.33. The molecule has 7 heteroatoms. The first-order chi connectivity index (χ1) is 13.1.